The van der Waals surface area contributed by atoms with Gasteiger partial charge in [0.25, 0.3) is 5.78 Å². The number of benzene rings is 3. The number of thiazole rings is 1. The molecule has 0 aliphatic carbocycles. The van der Waals surface area contributed by atoms with E-state index < -0.39 is 17.7 Å². The van der Waals surface area contributed by atoms with Crippen molar-refractivity contribution in [2.45, 2.75) is 26.8 Å². The molecule has 0 saturated carbocycles. The van der Waals surface area contributed by atoms with Crippen LogP contribution in [0.1, 0.15) is 35.2 Å². The normalized spacial score (nSPS) is 16.8. The first kappa shape index (κ1) is 25.3. The number of rotatable bonds is 6. The van der Waals surface area contributed by atoms with E-state index in [0.717, 1.165) is 15.8 Å². The lowest BCUT2D eigenvalue weighted by Crippen LogP contribution is -2.29. The molecule has 4 aromatic rings. The van der Waals surface area contributed by atoms with Crippen LogP contribution in [-0.2, 0) is 9.59 Å². The third kappa shape index (κ3) is 4.24. The van der Waals surface area contributed by atoms with Crippen molar-refractivity contribution in [3.05, 3.63) is 82.4 Å². The summed E-state index contributed by atoms with van der Waals surface area (Å²) >= 11 is 1.24. The van der Waals surface area contributed by atoms with E-state index in [1.807, 2.05) is 32.0 Å². The minimum Gasteiger partial charge on any atom is -0.507 e. The molecule has 1 aromatic heterocycles. The van der Waals surface area contributed by atoms with Crippen LogP contribution in [0.5, 0.6) is 17.2 Å². The van der Waals surface area contributed by atoms with Crippen LogP contribution in [0.3, 0.4) is 0 Å². The van der Waals surface area contributed by atoms with Gasteiger partial charge in [-0.05, 0) is 68.3 Å². The molecule has 9 heteroatoms. The number of carbonyl (C=O) groups excluding carboxylic acids is 2. The van der Waals surface area contributed by atoms with Crippen LogP contribution in [0.2, 0.25) is 0 Å². The fraction of sp³-hybridized carbons (Fsp3) is 0.207. The Kier molecular flexibility index (Phi) is 6.54. The number of aromatic nitrogens is 1. The van der Waals surface area contributed by atoms with Crippen molar-refractivity contribution in [1.29, 1.82) is 0 Å². The fourth-order valence-electron chi connectivity index (χ4n) is 4.58. The first-order valence-corrected chi connectivity index (χ1v) is 12.8. The monoisotopic (exact) mass is 530 g/mol. The highest BCUT2D eigenvalue weighted by atomic mass is 32.1. The number of carbonyl (C=O) groups is 2. The van der Waals surface area contributed by atoms with Gasteiger partial charge in [0.1, 0.15) is 11.5 Å². The highest BCUT2D eigenvalue weighted by Gasteiger charge is 2.48. The van der Waals surface area contributed by atoms with Crippen LogP contribution < -0.4 is 14.4 Å². The van der Waals surface area contributed by atoms with Gasteiger partial charge in [0.05, 0.1) is 35.5 Å². The molecule has 1 atom stereocenters. The quantitative estimate of drug-likeness (QED) is 0.188. The second-order valence-corrected chi connectivity index (χ2v) is 9.99. The van der Waals surface area contributed by atoms with Crippen LogP contribution in [0, 0.1) is 13.8 Å². The Labute approximate surface area is 223 Å². The van der Waals surface area contributed by atoms with Gasteiger partial charge < -0.3 is 19.7 Å². The summed E-state index contributed by atoms with van der Waals surface area (Å²) in [4.78, 5) is 33.0. The van der Waals surface area contributed by atoms with Crippen LogP contribution in [0.15, 0.2) is 60.2 Å². The second-order valence-electron chi connectivity index (χ2n) is 8.98. The van der Waals surface area contributed by atoms with Crippen molar-refractivity contribution in [2.75, 3.05) is 18.6 Å². The lowest BCUT2D eigenvalue weighted by molar-refractivity contribution is -0.132. The number of Topliss-reactive ketones (excluding diaryl/α,β-unsaturated/α-hetero) is 1. The molecule has 1 amide bonds. The van der Waals surface area contributed by atoms with Crippen molar-refractivity contribution in [2.24, 2.45) is 0 Å². The smallest absolute Gasteiger partial charge is 0.301 e. The van der Waals surface area contributed by atoms with Crippen LogP contribution in [0.25, 0.3) is 16.0 Å². The van der Waals surface area contributed by atoms with Crippen molar-refractivity contribution in [3.63, 3.8) is 0 Å². The Bertz CT molecular complexity index is 1620. The molecule has 8 nitrogen and oxygen atoms in total. The van der Waals surface area contributed by atoms with Gasteiger partial charge >= 0.3 is 5.91 Å². The average molecular weight is 531 g/mol. The average Bonchev–Trinajstić information content (AvgIpc) is 3.44. The maximum absolute atomic E-state index is 13.6. The minimum atomic E-state index is -1.00. The molecule has 1 aliphatic heterocycles. The van der Waals surface area contributed by atoms with Gasteiger partial charge in [-0.25, -0.2) is 4.98 Å². The van der Waals surface area contributed by atoms with Crippen LogP contribution in [0.4, 0.5) is 5.13 Å². The molecular weight excluding hydrogens is 504 g/mol. The van der Waals surface area contributed by atoms with E-state index in [1.165, 1.54) is 22.3 Å². The van der Waals surface area contributed by atoms with E-state index in [1.54, 1.807) is 44.4 Å². The molecule has 2 N–H and O–H groups in total. The van der Waals surface area contributed by atoms with Gasteiger partial charge in [-0.2, -0.15) is 0 Å². The predicted octanol–water partition coefficient (Wildman–Crippen LogP) is 5.65. The van der Waals surface area contributed by atoms with Crippen molar-refractivity contribution >= 4 is 44.1 Å². The third-order valence-corrected chi connectivity index (χ3v) is 7.50. The van der Waals surface area contributed by atoms with Gasteiger partial charge in [0.15, 0.2) is 16.6 Å². The first-order valence-electron chi connectivity index (χ1n) is 12.0. The number of aliphatic hydroxyl groups excluding tert-OH is 1. The molecule has 0 bridgehead atoms. The first-order chi connectivity index (χ1) is 18.2. The molecule has 1 fully saturated rings. The van der Waals surface area contributed by atoms with E-state index in [2.05, 4.69) is 4.98 Å². The number of amides is 1. The summed E-state index contributed by atoms with van der Waals surface area (Å²) in [6, 6.07) is 14.5. The lowest BCUT2D eigenvalue weighted by atomic mass is 9.93. The SMILES string of the molecule is CCOc1cc(C2/C(=C(\O)c3cc(C)ccc3C)C(=O)C(=O)N2c2nc3ccc(OC)cc3s2)ccc1O. The zero-order valence-electron chi connectivity index (χ0n) is 21.3. The molecule has 0 spiro atoms. The zero-order valence-corrected chi connectivity index (χ0v) is 22.1. The van der Waals surface area contributed by atoms with Gasteiger partial charge in [0, 0.05) is 5.56 Å². The van der Waals surface area contributed by atoms with Crippen molar-refractivity contribution in [3.8, 4) is 17.2 Å². The number of ketones is 1. The van der Waals surface area contributed by atoms with Gasteiger partial charge in [-0.1, -0.05) is 35.1 Å². The molecule has 1 aliphatic rings. The van der Waals surface area contributed by atoms with Gasteiger partial charge in [-0.3, -0.25) is 14.5 Å². The third-order valence-electron chi connectivity index (χ3n) is 6.48. The number of phenols is 1. The standard InChI is InChI=1S/C29H26N2O6S/c1-5-37-22-13-17(8-11-21(22)32)25-24(26(33)19-12-15(2)6-7-16(19)3)27(34)28(35)31(25)29-30-20-10-9-18(36-4)14-23(20)38-29/h6-14,25,32-33H,5H2,1-4H3/b26-24+. The number of fused-ring (bicyclic) bond motifs is 1. The van der Waals surface area contributed by atoms with Gasteiger partial charge in [-0.15, -0.1) is 0 Å². The number of aromatic hydroxyl groups is 1. The predicted molar refractivity (Wildman–Crippen MR) is 146 cm³/mol. The molecule has 3 aromatic carbocycles. The van der Waals surface area contributed by atoms with E-state index in [0.29, 0.717) is 34.1 Å². The summed E-state index contributed by atoms with van der Waals surface area (Å²) in [5.41, 5.74) is 3.17. The number of phenolic OH excluding ortho intramolecular Hbond substituents is 1. The summed E-state index contributed by atoms with van der Waals surface area (Å²) in [5, 5.41) is 22.1. The fourth-order valence-corrected chi connectivity index (χ4v) is 5.60. The topological polar surface area (TPSA) is 109 Å². The second kappa shape index (κ2) is 9.83. The van der Waals surface area contributed by atoms with Gasteiger partial charge in [0.2, 0.25) is 0 Å². The van der Waals surface area contributed by atoms with E-state index in [4.69, 9.17) is 9.47 Å². The molecule has 1 saturated heterocycles. The number of methoxy groups -OCH3 is 1. The number of nitrogens with zero attached hydrogens (tertiary/aromatic N) is 2. The molecule has 194 valence electrons. The molecule has 0 radical (unpaired) electrons. The Balaban J connectivity index is 1.76. The highest BCUT2D eigenvalue weighted by Crippen LogP contribution is 2.46. The van der Waals surface area contributed by atoms with E-state index in [9.17, 15) is 19.8 Å². The van der Waals surface area contributed by atoms with E-state index >= 15 is 0 Å². The Morgan fingerprint density at radius 2 is 1.87 bits per heavy atom. The summed E-state index contributed by atoms with van der Waals surface area (Å²) in [5.74, 6) is -1.13. The Morgan fingerprint density at radius 3 is 2.61 bits per heavy atom. The summed E-state index contributed by atoms with van der Waals surface area (Å²) in [6.45, 7) is 5.80. The molecular formula is C29H26N2O6S. The maximum Gasteiger partial charge on any atom is 0.301 e. The summed E-state index contributed by atoms with van der Waals surface area (Å²) < 4.78 is 11.7. The summed E-state index contributed by atoms with van der Waals surface area (Å²) in [6.07, 6.45) is 0. The zero-order chi connectivity index (χ0) is 27.1. The molecule has 1 unspecified atom stereocenters. The lowest BCUT2D eigenvalue weighted by Gasteiger charge is -2.24. The number of anilines is 1. The largest absolute Gasteiger partial charge is 0.507 e. The maximum atomic E-state index is 13.6. The number of ether oxygens (including phenoxy) is 2. The van der Waals surface area contributed by atoms with Crippen LogP contribution in [-0.4, -0.2) is 40.6 Å². The Hall–Kier alpha value is -4.37. The molecule has 5 rings (SSSR count). The number of aliphatic hydroxyl groups is 1. The van der Waals surface area contributed by atoms with Crippen molar-refractivity contribution in [1.82, 2.24) is 4.98 Å². The molecule has 38 heavy (non-hydrogen) atoms. The Morgan fingerprint density at radius 1 is 1.08 bits per heavy atom. The summed E-state index contributed by atoms with van der Waals surface area (Å²) in [7, 11) is 1.57. The number of hydrogen-bond donors (Lipinski definition) is 2. The molecule has 2 heterocycles. The minimum absolute atomic E-state index is 0.0614. The highest BCUT2D eigenvalue weighted by molar-refractivity contribution is 7.22. The van der Waals surface area contributed by atoms with Crippen molar-refractivity contribution < 1.29 is 29.3 Å². The number of hydrogen-bond acceptors (Lipinski definition) is 8. The van der Waals surface area contributed by atoms with E-state index in [-0.39, 0.29) is 22.8 Å². The number of aryl methyl sites for hydroxylation is 2. The van der Waals surface area contributed by atoms with Crippen LogP contribution >= 0.6 is 11.3 Å².